The standard InChI is InChI=1S/C5H4N4.C4H4S/c1-2-4-5(6-3-1)8-9-7-4;1-2-4-5-3-1/h1-3H,(H,6,7,8,9);1-4H. The first-order valence-electron chi connectivity index (χ1n) is 4.06. The molecular formula is C9H8N4S. The summed E-state index contributed by atoms with van der Waals surface area (Å²) in [5.74, 6) is 0. The summed E-state index contributed by atoms with van der Waals surface area (Å²) in [6.45, 7) is 0. The summed E-state index contributed by atoms with van der Waals surface area (Å²) < 4.78 is 0. The summed E-state index contributed by atoms with van der Waals surface area (Å²) in [6, 6.07) is 7.75. The van der Waals surface area contributed by atoms with Crippen molar-refractivity contribution >= 4 is 22.5 Å². The molecule has 0 aliphatic carbocycles. The monoisotopic (exact) mass is 204 g/mol. The first-order chi connectivity index (χ1) is 6.97. The van der Waals surface area contributed by atoms with E-state index in [-0.39, 0.29) is 0 Å². The highest BCUT2D eigenvalue weighted by atomic mass is 32.1. The molecule has 0 aliphatic rings. The van der Waals surface area contributed by atoms with Crippen LogP contribution in [-0.2, 0) is 0 Å². The molecule has 0 radical (unpaired) electrons. The summed E-state index contributed by atoms with van der Waals surface area (Å²) in [5, 5.41) is 14.0. The van der Waals surface area contributed by atoms with E-state index in [0.29, 0.717) is 5.65 Å². The highest BCUT2D eigenvalue weighted by Gasteiger charge is 1.91. The molecule has 3 aromatic heterocycles. The van der Waals surface area contributed by atoms with Crippen molar-refractivity contribution < 1.29 is 0 Å². The Hall–Kier alpha value is -1.75. The number of fused-ring (bicyclic) bond motifs is 1. The Balaban J connectivity index is 0.000000128. The lowest BCUT2D eigenvalue weighted by molar-refractivity contribution is 0.954. The Morgan fingerprint density at radius 3 is 2.64 bits per heavy atom. The SMILES string of the molecule is c1ccsc1.c1cnc2nn[nH]c2c1. The van der Waals surface area contributed by atoms with E-state index in [1.165, 1.54) is 0 Å². The van der Waals surface area contributed by atoms with Gasteiger partial charge in [0.05, 0.1) is 0 Å². The molecule has 0 saturated heterocycles. The number of aromatic nitrogens is 4. The Morgan fingerprint density at radius 2 is 2.00 bits per heavy atom. The van der Waals surface area contributed by atoms with E-state index in [1.807, 2.05) is 35.0 Å². The number of pyridine rings is 1. The predicted octanol–water partition coefficient (Wildman–Crippen LogP) is 2.10. The zero-order valence-electron chi connectivity index (χ0n) is 7.29. The molecule has 70 valence electrons. The normalized spacial score (nSPS) is 9.43. The highest BCUT2D eigenvalue weighted by Crippen LogP contribution is 1.99. The third-order valence-corrected chi connectivity index (χ3v) is 2.16. The van der Waals surface area contributed by atoms with Crippen molar-refractivity contribution in [1.82, 2.24) is 20.4 Å². The number of aromatic amines is 1. The molecule has 3 rings (SSSR count). The average molecular weight is 204 g/mol. The van der Waals surface area contributed by atoms with Gasteiger partial charge in [0.25, 0.3) is 0 Å². The van der Waals surface area contributed by atoms with Crippen molar-refractivity contribution in [2.75, 3.05) is 0 Å². The first kappa shape index (κ1) is 8.83. The van der Waals surface area contributed by atoms with Gasteiger partial charge in [0.15, 0.2) is 0 Å². The summed E-state index contributed by atoms with van der Waals surface area (Å²) in [7, 11) is 0. The second-order valence-corrected chi connectivity index (χ2v) is 3.30. The smallest absolute Gasteiger partial charge is 0.201 e. The zero-order valence-corrected chi connectivity index (χ0v) is 8.11. The van der Waals surface area contributed by atoms with Gasteiger partial charge in [-0.1, -0.05) is 17.3 Å². The van der Waals surface area contributed by atoms with E-state index >= 15 is 0 Å². The van der Waals surface area contributed by atoms with Gasteiger partial charge in [-0.2, -0.15) is 11.3 Å². The van der Waals surface area contributed by atoms with Crippen LogP contribution in [0.2, 0.25) is 0 Å². The van der Waals surface area contributed by atoms with Crippen LogP contribution in [0.4, 0.5) is 0 Å². The maximum atomic E-state index is 3.94. The van der Waals surface area contributed by atoms with E-state index in [9.17, 15) is 0 Å². The minimum atomic E-state index is 0.664. The molecular weight excluding hydrogens is 196 g/mol. The third kappa shape index (κ3) is 2.14. The molecule has 3 aromatic rings. The molecule has 0 spiro atoms. The molecule has 0 unspecified atom stereocenters. The topological polar surface area (TPSA) is 54.5 Å². The summed E-state index contributed by atoms with van der Waals surface area (Å²) >= 11 is 1.71. The third-order valence-electron chi connectivity index (χ3n) is 1.53. The number of H-pyrrole nitrogens is 1. The number of nitrogens with zero attached hydrogens (tertiary/aromatic N) is 3. The van der Waals surface area contributed by atoms with Gasteiger partial charge in [0, 0.05) is 6.20 Å². The molecule has 14 heavy (non-hydrogen) atoms. The van der Waals surface area contributed by atoms with Crippen molar-refractivity contribution in [1.29, 1.82) is 0 Å². The average Bonchev–Trinajstić information content (AvgIpc) is 2.92. The van der Waals surface area contributed by atoms with E-state index in [4.69, 9.17) is 0 Å². The Bertz CT molecular complexity index is 427. The number of thiophene rings is 1. The summed E-state index contributed by atoms with van der Waals surface area (Å²) in [4.78, 5) is 3.94. The van der Waals surface area contributed by atoms with E-state index in [2.05, 4.69) is 20.4 Å². The van der Waals surface area contributed by atoms with Crippen molar-refractivity contribution in [3.05, 3.63) is 41.2 Å². The van der Waals surface area contributed by atoms with Gasteiger partial charge in [-0.25, -0.2) is 4.98 Å². The number of nitrogens with one attached hydrogen (secondary N) is 1. The molecule has 0 bridgehead atoms. The molecule has 0 atom stereocenters. The van der Waals surface area contributed by atoms with Gasteiger partial charge in [-0.15, -0.1) is 5.10 Å². The summed E-state index contributed by atoms with van der Waals surface area (Å²) in [5.41, 5.74) is 1.54. The molecule has 4 nitrogen and oxygen atoms in total. The second kappa shape index (κ2) is 4.48. The number of hydrogen-bond donors (Lipinski definition) is 1. The fourth-order valence-corrected chi connectivity index (χ4v) is 1.37. The van der Waals surface area contributed by atoms with Gasteiger partial charge >= 0.3 is 0 Å². The fraction of sp³-hybridized carbons (Fsp3) is 0. The van der Waals surface area contributed by atoms with Gasteiger partial charge in [-0.3, -0.25) is 5.10 Å². The van der Waals surface area contributed by atoms with Crippen LogP contribution in [0, 0.1) is 0 Å². The number of rotatable bonds is 0. The lowest BCUT2D eigenvalue weighted by Crippen LogP contribution is -1.71. The van der Waals surface area contributed by atoms with E-state index in [0.717, 1.165) is 5.52 Å². The number of hydrogen-bond acceptors (Lipinski definition) is 4. The molecule has 0 aliphatic heterocycles. The molecule has 0 fully saturated rings. The van der Waals surface area contributed by atoms with Crippen LogP contribution in [0.1, 0.15) is 0 Å². The fourth-order valence-electron chi connectivity index (χ4n) is 0.917. The van der Waals surface area contributed by atoms with E-state index < -0.39 is 0 Å². The maximum absolute atomic E-state index is 3.94. The molecule has 5 heteroatoms. The first-order valence-corrected chi connectivity index (χ1v) is 5.00. The van der Waals surface area contributed by atoms with Crippen LogP contribution in [-0.4, -0.2) is 20.4 Å². The second-order valence-electron chi connectivity index (χ2n) is 2.48. The maximum Gasteiger partial charge on any atom is 0.201 e. The Kier molecular flexibility index (Phi) is 2.82. The minimum absolute atomic E-state index is 0.664. The van der Waals surface area contributed by atoms with E-state index in [1.54, 1.807) is 17.5 Å². The van der Waals surface area contributed by atoms with Gasteiger partial charge in [-0.05, 0) is 22.9 Å². The van der Waals surface area contributed by atoms with Gasteiger partial charge in [0.2, 0.25) is 5.65 Å². The van der Waals surface area contributed by atoms with Crippen LogP contribution in [0.3, 0.4) is 0 Å². The lowest BCUT2D eigenvalue weighted by atomic mass is 10.4. The van der Waals surface area contributed by atoms with Crippen LogP contribution in [0.5, 0.6) is 0 Å². The molecule has 3 heterocycles. The van der Waals surface area contributed by atoms with Crippen molar-refractivity contribution in [2.45, 2.75) is 0 Å². The van der Waals surface area contributed by atoms with Gasteiger partial charge in [0.1, 0.15) is 5.52 Å². The Labute approximate surface area is 84.6 Å². The largest absolute Gasteiger partial charge is 0.256 e. The van der Waals surface area contributed by atoms with Gasteiger partial charge < -0.3 is 0 Å². The van der Waals surface area contributed by atoms with Crippen LogP contribution < -0.4 is 0 Å². The lowest BCUT2D eigenvalue weighted by Gasteiger charge is -1.78. The van der Waals surface area contributed by atoms with Crippen LogP contribution >= 0.6 is 11.3 Å². The minimum Gasteiger partial charge on any atom is -0.256 e. The van der Waals surface area contributed by atoms with Crippen LogP contribution in [0.25, 0.3) is 11.2 Å². The quantitative estimate of drug-likeness (QED) is 0.610. The molecule has 0 amide bonds. The Morgan fingerprint density at radius 1 is 1.14 bits per heavy atom. The predicted molar refractivity (Wildman–Crippen MR) is 56.0 cm³/mol. The highest BCUT2D eigenvalue weighted by molar-refractivity contribution is 7.07. The van der Waals surface area contributed by atoms with Crippen LogP contribution in [0.15, 0.2) is 41.2 Å². The molecule has 0 aromatic carbocycles. The molecule has 1 N–H and O–H groups in total. The van der Waals surface area contributed by atoms with Crippen molar-refractivity contribution in [3.63, 3.8) is 0 Å². The van der Waals surface area contributed by atoms with Crippen molar-refractivity contribution in [2.24, 2.45) is 0 Å². The zero-order chi connectivity index (χ0) is 9.64. The molecule has 0 saturated carbocycles. The van der Waals surface area contributed by atoms with Crippen molar-refractivity contribution in [3.8, 4) is 0 Å². The summed E-state index contributed by atoms with van der Waals surface area (Å²) in [6.07, 6.45) is 1.69.